The van der Waals surface area contributed by atoms with Crippen LogP contribution in [0.3, 0.4) is 0 Å². The molecule has 0 unspecified atom stereocenters. The Morgan fingerprint density at radius 2 is 1.93 bits per heavy atom. The highest BCUT2D eigenvalue weighted by Gasteiger charge is 2.18. The standard InChI is InChI=1S/C13H19N/c1-4-10-14-11-13(2,3)12-8-6-5-7-9-12/h4-9,14H,1,10-11H2,2-3H3. The fourth-order valence-electron chi connectivity index (χ4n) is 1.48. The van der Waals surface area contributed by atoms with Gasteiger partial charge in [0.15, 0.2) is 0 Å². The van der Waals surface area contributed by atoms with Gasteiger partial charge in [0.2, 0.25) is 0 Å². The first kappa shape index (κ1) is 11.0. The molecule has 1 rings (SSSR count). The molecule has 0 aliphatic carbocycles. The van der Waals surface area contributed by atoms with E-state index >= 15 is 0 Å². The van der Waals surface area contributed by atoms with E-state index in [1.54, 1.807) is 0 Å². The van der Waals surface area contributed by atoms with E-state index in [1.165, 1.54) is 5.56 Å². The number of nitrogens with one attached hydrogen (secondary N) is 1. The van der Waals surface area contributed by atoms with Crippen LogP contribution in [-0.2, 0) is 5.41 Å². The van der Waals surface area contributed by atoms with Crippen molar-refractivity contribution in [1.29, 1.82) is 0 Å². The Kier molecular flexibility index (Phi) is 3.90. The number of hydrogen-bond acceptors (Lipinski definition) is 1. The van der Waals surface area contributed by atoms with Crippen molar-refractivity contribution in [3.05, 3.63) is 48.6 Å². The molecular weight excluding hydrogens is 170 g/mol. The normalized spacial score (nSPS) is 11.3. The summed E-state index contributed by atoms with van der Waals surface area (Å²) in [7, 11) is 0. The lowest BCUT2D eigenvalue weighted by Crippen LogP contribution is -2.32. The van der Waals surface area contributed by atoms with E-state index in [9.17, 15) is 0 Å². The van der Waals surface area contributed by atoms with E-state index in [2.05, 4.69) is 56.1 Å². The minimum absolute atomic E-state index is 0.185. The van der Waals surface area contributed by atoms with Gasteiger partial charge in [-0.2, -0.15) is 0 Å². The van der Waals surface area contributed by atoms with E-state index in [0.29, 0.717) is 0 Å². The molecule has 1 nitrogen and oxygen atoms in total. The van der Waals surface area contributed by atoms with E-state index < -0.39 is 0 Å². The first-order valence-electron chi connectivity index (χ1n) is 5.04. The van der Waals surface area contributed by atoms with Crippen LogP contribution in [0.2, 0.25) is 0 Å². The van der Waals surface area contributed by atoms with Crippen molar-refractivity contribution in [2.24, 2.45) is 0 Å². The second kappa shape index (κ2) is 4.97. The molecule has 1 heteroatoms. The first-order valence-corrected chi connectivity index (χ1v) is 5.04. The molecule has 0 atom stereocenters. The summed E-state index contributed by atoms with van der Waals surface area (Å²) >= 11 is 0. The summed E-state index contributed by atoms with van der Waals surface area (Å²) in [6, 6.07) is 10.6. The van der Waals surface area contributed by atoms with Crippen LogP contribution in [0.15, 0.2) is 43.0 Å². The summed E-state index contributed by atoms with van der Waals surface area (Å²) < 4.78 is 0. The van der Waals surface area contributed by atoms with Gasteiger partial charge in [-0.05, 0) is 5.56 Å². The van der Waals surface area contributed by atoms with Crippen LogP contribution in [-0.4, -0.2) is 13.1 Å². The molecular formula is C13H19N. The maximum Gasteiger partial charge on any atom is 0.0132 e. The molecule has 0 saturated heterocycles. The molecule has 1 aromatic rings. The van der Waals surface area contributed by atoms with Crippen molar-refractivity contribution < 1.29 is 0 Å². The van der Waals surface area contributed by atoms with E-state index in [4.69, 9.17) is 0 Å². The first-order chi connectivity index (χ1) is 6.67. The van der Waals surface area contributed by atoms with Crippen molar-refractivity contribution in [3.8, 4) is 0 Å². The molecule has 0 aliphatic heterocycles. The van der Waals surface area contributed by atoms with Gasteiger partial charge in [0.1, 0.15) is 0 Å². The number of hydrogen-bond donors (Lipinski definition) is 1. The van der Waals surface area contributed by atoms with E-state index in [-0.39, 0.29) is 5.41 Å². The summed E-state index contributed by atoms with van der Waals surface area (Å²) in [5.74, 6) is 0. The lowest BCUT2D eigenvalue weighted by Gasteiger charge is -2.25. The summed E-state index contributed by atoms with van der Waals surface area (Å²) in [4.78, 5) is 0. The molecule has 0 fully saturated rings. The largest absolute Gasteiger partial charge is 0.312 e. The monoisotopic (exact) mass is 189 g/mol. The van der Waals surface area contributed by atoms with Crippen molar-refractivity contribution >= 4 is 0 Å². The molecule has 0 aliphatic rings. The van der Waals surface area contributed by atoms with Crippen LogP contribution in [0.25, 0.3) is 0 Å². The van der Waals surface area contributed by atoms with Gasteiger partial charge in [-0.25, -0.2) is 0 Å². The third-order valence-electron chi connectivity index (χ3n) is 2.41. The van der Waals surface area contributed by atoms with Crippen molar-refractivity contribution in [2.45, 2.75) is 19.3 Å². The van der Waals surface area contributed by atoms with Crippen molar-refractivity contribution in [2.75, 3.05) is 13.1 Å². The summed E-state index contributed by atoms with van der Waals surface area (Å²) in [5.41, 5.74) is 1.56. The average Bonchev–Trinajstić information content (AvgIpc) is 2.19. The van der Waals surface area contributed by atoms with Gasteiger partial charge in [0.05, 0.1) is 0 Å². The summed E-state index contributed by atoms with van der Waals surface area (Å²) in [5, 5.41) is 3.36. The lowest BCUT2D eigenvalue weighted by molar-refractivity contribution is 0.483. The van der Waals surface area contributed by atoms with Crippen LogP contribution >= 0.6 is 0 Å². The van der Waals surface area contributed by atoms with Gasteiger partial charge in [0.25, 0.3) is 0 Å². The molecule has 0 saturated carbocycles. The highest BCUT2D eigenvalue weighted by Crippen LogP contribution is 2.21. The molecule has 76 valence electrons. The molecule has 1 N–H and O–H groups in total. The van der Waals surface area contributed by atoms with Crippen LogP contribution < -0.4 is 5.32 Å². The third-order valence-corrected chi connectivity index (χ3v) is 2.41. The molecule has 0 amide bonds. The Bertz CT molecular complexity index is 275. The second-order valence-corrected chi connectivity index (χ2v) is 4.17. The fourth-order valence-corrected chi connectivity index (χ4v) is 1.48. The fraction of sp³-hybridized carbons (Fsp3) is 0.385. The van der Waals surface area contributed by atoms with E-state index in [1.807, 2.05) is 6.08 Å². The van der Waals surface area contributed by atoms with Gasteiger partial charge >= 0.3 is 0 Å². The number of benzene rings is 1. The maximum absolute atomic E-state index is 3.69. The predicted molar refractivity (Wildman–Crippen MR) is 62.5 cm³/mol. The average molecular weight is 189 g/mol. The van der Waals surface area contributed by atoms with Crippen molar-refractivity contribution in [1.82, 2.24) is 5.32 Å². The lowest BCUT2D eigenvalue weighted by atomic mass is 9.85. The molecule has 0 bridgehead atoms. The third kappa shape index (κ3) is 3.00. The van der Waals surface area contributed by atoms with Crippen molar-refractivity contribution in [3.63, 3.8) is 0 Å². The highest BCUT2D eigenvalue weighted by molar-refractivity contribution is 5.23. The van der Waals surface area contributed by atoms with Gasteiger partial charge in [0, 0.05) is 18.5 Å². The zero-order valence-corrected chi connectivity index (χ0v) is 9.09. The minimum Gasteiger partial charge on any atom is -0.312 e. The predicted octanol–water partition coefficient (Wildman–Crippen LogP) is 2.74. The van der Waals surface area contributed by atoms with E-state index in [0.717, 1.165) is 13.1 Å². The molecule has 0 spiro atoms. The highest BCUT2D eigenvalue weighted by atomic mass is 14.9. The molecule has 1 aromatic carbocycles. The summed E-state index contributed by atoms with van der Waals surface area (Å²) in [6.45, 7) is 10.0. The summed E-state index contributed by atoms with van der Waals surface area (Å²) in [6.07, 6.45) is 1.89. The van der Waals surface area contributed by atoms with Gasteiger partial charge in [-0.1, -0.05) is 50.3 Å². The number of rotatable bonds is 5. The minimum atomic E-state index is 0.185. The SMILES string of the molecule is C=CCNCC(C)(C)c1ccccc1. The Balaban J connectivity index is 2.61. The Morgan fingerprint density at radius 1 is 1.29 bits per heavy atom. The molecule has 0 heterocycles. The van der Waals surface area contributed by atoms with Gasteiger partial charge in [-0.3, -0.25) is 0 Å². The van der Waals surface area contributed by atoms with Crippen LogP contribution in [0.1, 0.15) is 19.4 Å². The topological polar surface area (TPSA) is 12.0 Å². The van der Waals surface area contributed by atoms with Gasteiger partial charge < -0.3 is 5.32 Å². The Labute approximate surface area is 86.8 Å². The Morgan fingerprint density at radius 3 is 2.50 bits per heavy atom. The maximum atomic E-state index is 3.69. The quantitative estimate of drug-likeness (QED) is 0.555. The molecule has 0 aromatic heterocycles. The van der Waals surface area contributed by atoms with Crippen LogP contribution in [0.4, 0.5) is 0 Å². The zero-order valence-electron chi connectivity index (χ0n) is 9.09. The van der Waals surface area contributed by atoms with Crippen LogP contribution in [0, 0.1) is 0 Å². The zero-order chi connectivity index (χ0) is 10.4. The van der Waals surface area contributed by atoms with Gasteiger partial charge in [-0.15, -0.1) is 6.58 Å². The Hall–Kier alpha value is -1.08. The van der Waals surface area contributed by atoms with Crippen LogP contribution in [0.5, 0.6) is 0 Å². The molecule has 14 heavy (non-hydrogen) atoms. The molecule has 0 radical (unpaired) electrons. The second-order valence-electron chi connectivity index (χ2n) is 4.17. The smallest absolute Gasteiger partial charge is 0.0132 e.